The molecule has 0 saturated carbocycles. The van der Waals surface area contributed by atoms with Gasteiger partial charge in [0.1, 0.15) is 0 Å². The second-order valence-corrected chi connectivity index (χ2v) is 7.51. The molecule has 5 rings (SSSR count). The first kappa shape index (κ1) is 18.6. The van der Waals surface area contributed by atoms with Gasteiger partial charge < -0.3 is 0 Å². The van der Waals surface area contributed by atoms with Gasteiger partial charge in [0.2, 0.25) is 11.8 Å². The van der Waals surface area contributed by atoms with Crippen molar-refractivity contribution in [3.63, 3.8) is 0 Å². The normalized spacial score (nSPS) is 25.0. The number of benzene rings is 2. The highest BCUT2D eigenvalue weighted by Gasteiger charge is 2.60. The second kappa shape index (κ2) is 6.29. The summed E-state index contributed by atoms with van der Waals surface area (Å²) >= 11 is 0. The van der Waals surface area contributed by atoms with E-state index >= 15 is 0 Å². The Morgan fingerprint density at radius 2 is 1.60 bits per heavy atom. The average molecular weight is 412 g/mol. The quantitative estimate of drug-likeness (QED) is 0.673. The molecule has 1 saturated heterocycles. The van der Waals surface area contributed by atoms with Crippen LogP contribution in [0.4, 0.5) is 24.5 Å². The van der Waals surface area contributed by atoms with E-state index in [-0.39, 0.29) is 12.1 Å². The molecule has 0 aromatic heterocycles. The highest BCUT2D eigenvalue weighted by molar-refractivity contribution is 6.24. The fraction of sp³-hybridized carbons (Fsp3) is 0.227. The van der Waals surface area contributed by atoms with Gasteiger partial charge in [0, 0.05) is 5.56 Å². The van der Waals surface area contributed by atoms with Gasteiger partial charge in [0.25, 0.3) is 0 Å². The zero-order valence-electron chi connectivity index (χ0n) is 15.5. The van der Waals surface area contributed by atoms with Crippen LogP contribution in [0.2, 0.25) is 0 Å². The Morgan fingerprint density at radius 1 is 0.933 bits per heavy atom. The van der Waals surface area contributed by atoms with Gasteiger partial charge in [0.05, 0.1) is 29.3 Å². The first-order chi connectivity index (χ1) is 14.3. The maximum absolute atomic E-state index is 13.4. The van der Waals surface area contributed by atoms with Crippen LogP contribution in [0.3, 0.4) is 0 Å². The molecule has 2 aromatic rings. The molecule has 0 radical (unpaired) electrons. The number of anilines is 2. The van der Waals surface area contributed by atoms with Gasteiger partial charge in [0.15, 0.2) is 0 Å². The highest BCUT2D eigenvalue weighted by atomic mass is 19.4. The van der Waals surface area contributed by atoms with Crippen LogP contribution in [-0.2, 0) is 14.4 Å². The molecule has 1 fully saturated rings. The van der Waals surface area contributed by atoms with Crippen molar-refractivity contribution in [1.82, 2.24) is 0 Å². The van der Waals surface area contributed by atoms with Crippen LogP contribution in [0.15, 0.2) is 60.7 Å². The second-order valence-electron chi connectivity index (χ2n) is 7.51. The van der Waals surface area contributed by atoms with Gasteiger partial charge in [-0.1, -0.05) is 42.5 Å². The number of allylic oxidation sites excluding steroid dienone is 1. The summed E-state index contributed by atoms with van der Waals surface area (Å²) in [6.07, 6.45) is -3.19. The van der Waals surface area contributed by atoms with E-state index in [1.54, 1.807) is 54.6 Å². The predicted molar refractivity (Wildman–Crippen MR) is 102 cm³/mol. The van der Waals surface area contributed by atoms with Crippen molar-refractivity contribution in [1.29, 1.82) is 0 Å². The largest absolute Gasteiger partial charge is 0.471 e. The van der Waals surface area contributed by atoms with Gasteiger partial charge in [-0.2, -0.15) is 13.2 Å². The SMILES string of the molecule is O=C1[C@H]2[C@H](CC=C3c4ccccc4N(C(=O)C(F)(F)F)[C@H]32)C(=O)N1c1ccccc1. The summed E-state index contributed by atoms with van der Waals surface area (Å²) in [5.74, 6) is -4.97. The fourth-order valence-electron chi connectivity index (χ4n) is 4.77. The monoisotopic (exact) mass is 412 g/mol. The summed E-state index contributed by atoms with van der Waals surface area (Å²) in [7, 11) is 0. The van der Waals surface area contributed by atoms with Gasteiger partial charge in [-0.15, -0.1) is 0 Å². The Labute approximate surface area is 169 Å². The summed E-state index contributed by atoms with van der Waals surface area (Å²) in [6, 6.07) is 13.4. The van der Waals surface area contributed by atoms with Crippen LogP contribution in [0.25, 0.3) is 5.57 Å². The lowest BCUT2D eigenvalue weighted by Crippen LogP contribution is -2.51. The van der Waals surface area contributed by atoms with Crippen molar-refractivity contribution in [3.8, 4) is 0 Å². The first-order valence-corrected chi connectivity index (χ1v) is 9.43. The van der Waals surface area contributed by atoms with Crippen LogP contribution in [0.5, 0.6) is 0 Å². The number of alkyl halides is 3. The van der Waals surface area contributed by atoms with E-state index < -0.39 is 41.8 Å². The minimum Gasteiger partial charge on any atom is -0.296 e. The van der Waals surface area contributed by atoms with Gasteiger partial charge >= 0.3 is 12.1 Å². The lowest BCUT2D eigenvalue weighted by atomic mass is 9.76. The van der Waals surface area contributed by atoms with E-state index in [0.29, 0.717) is 21.7 Å². The van der Waals surface area contributed by atoms with Crippen molar-refractivity contribution in [2.45, 2.75) is 18.6 Å². The molecule has 2 aliphatic heterocycles. The summed E-state index contributed by atoms with van der Waals surface area (Å²) in [4.78, 5) is 40.4. The number of imide groups is 1. The Bertz CT molecular complexity index is 1110. The minimum atomic E-state index is -5.11. The number of para-hydroxylation sites is 2. The van der Waals surface area contributed by atoms with Crippen LogP contribution in [-0.4, -0.2) is 29.9 Å². The fourth-order valence-corrected chi connectivity index (χ4v) is 4.77. The molecule has 3 aliphatic rings. The summed E-state index contributed by atoms with van der Waals surface area (Å²) < 4.78 is 40.3. The van der Waals surface area contributed by atoms with Gasteiger partial charge in [-0.05, 0) is 30.2 Å². The lowest BCUT2D eigenvalue weighted by Gasteiger charge is -2.34. The number of amides is 3. The van der Waals surface area contributed by atoms with E-state index in [2.05, 4.69) is 0 Å². The van der Waals surface area contributed by atoms with E-state index in [1.165, 1.54) is 6.07 Å². The number of hydrogen-bond donors (Lipinski definition) is 0. The average Bonchev–Trinajstić information content (AvgIpc) is 3.19. The van der Waals surface area contributed by atoms with Gasteiger partial charge in [-0.25, -0.2) is 4.90 Å². The molecular weight excluding hydrogens is 397 g/mol. The highest BCUT2D eigenvalue weighted by Crippen LogP contribution is 2.52. The standard InChI is InChI=1S/C22H15F3N2O3/c23-22(24,25)21(30)27-16-9-5-4-8-13(16)14-10-11-15-17(18(14)27)20(29)26(19(15)28)12-6-2-1-3-7-12/h1-10,15,17-18H,11H2/t15-,17-,18+/m0/s1. The van der Waals surface area contributed by atoms with Crippen LogP contribution in [0, 0.1) is 11.8 Å². The molecule has 0 spiro atoms. The summed E-state index contributed by atoms with van der Waals surface area (Å²) in [5.41, 5.74) is 1.44. The van der Waals surface area contributed by atoms with Crippen molar-refractivity contribution < 1.29 is 27.6 Å². The molecule has 5 nitrogen and oxygen atoms in total. The molecule has 0 unspecified atom stereocenters. The smallest absolute Gasteiger partial charge is 0.296 e. The molecule has 2 heterocycles. The van der Waals surface area contributed by atoms with E-state index in [1.807, 2.05) is 0 Å². The number of rotatable bonds is 1. The Kier molecular flexibility index (Phi) is 3.90. The molecule has 0 bridgehead atoms. The van der Waals surface area contributed by atoms with Gasteiger partial charge in [-0.3, -0.25) is 19.3 Å². The molecule has 8 heteroatoms. The number of fused-ring (bicyclic) bond motifs is 5. The topological polar surface area (TPSA) is 57.7 Å². The number of carbonyl (C=O) groups is 3. The third-order valence-electron chi connectivity index (χ3n) is 5.96. The van der Waals surface area contributed by atoms with Crippen LogP contribution in [0.1, 0.15) is 12.0 Å². The number of halogens is 3. The van der Waals surface area contributed by atoms with Crippen molar-refractivity contribution in [2.24, 2.45) is 11.8 Å². The van der Waals surface area contributed by atoms with Crippen LogP contribution >= 0.6 is 0 Å². The van der Waals surface area contributed by atoms with Crippen molar-refractivity contribution >= 4 is 34.7 Å². The molecule has 30 heavy (non-hydrogen) atoms. The first-order valence-electron chi connectivity index (χ1n) is 9.43. The molecule has 3 amide bonds. The Hall–Kier alpha value is -3.42. The number of hydrogen-bond acceptors (Lipinski definition) is 3. The Balaban J connectivity index is 1.64. The van der Waals surface area contributed by atoms with Crippen LogP contribution < -0.4 is 9.80 Å². The Morgan fingerprint density at radius 3 is 2.30 bits per heavy atom. The van der Waals surface area contributed by atoms with E-state index in [4.69, 9.17) is 0 Å². The molecule has 1 aliphatic carbocycles. The summed E-state index contributed by atoms with van der Waals surface area (Å²) in [5, 5.41) is 0. The zero-order chi connectivity index (χ0) is 21.2. The van der Waals surface area contributed by atoms with Crippen molar-refractivity contribution in [3.05, 3.63) is 66.2 Å². The zero-order valence-corrected chi connectivity index (χ0v) is 15.5. The molecule has 152 valence electrons. The summed E-state index contributed by atoms with van der Waals surface area (Å²) in [6.45, 7) is 0. The third-order valence-corrected chi connectivity index (χ3v) is 5.96. The number of nitrogens with zero attached hydrogens (tertiary/aromatic N) is 2. The predicted octanol–water partition coefficient (Wildman–Crippen LogP) is 3.56. The van der Waals surface area contributed by atoms with Crippen molar-refractivity contribution in [2.75, 3.05) is 9.80 Å². The minimum absolute atomic E-state index is 0.107. The maximum Gasteiger partial charge on any atom is 0.471 e. The number of carbonyl (C=O) groups excluding carboxylic acids is 3. The molecular formula is C22H15F3N2O3. The maximum atomic E-state index is 13.4. The molecule has 0 N–H and O–H groups in total. The molecule has 3 atom stereocenters. The molecule has 2 aromatic carbocycles. The van der Waals surface area contributed by atoms with E-state index in [0.717, 1.165) is 4.90 Å². The third kappa shape index (κ3) is 2.46. The lowest BCUT2D eigenvalue weighted by molar-refractivity contribution is -0.171. The van der Waals surface area contributed by atoms with E-state index in [9.17, 15) is 27.6 Å².